The van der Waals surface area contributed by atoms with E-state index in [0.717, 1.165) is 27.7 Å². The number of carbonyl (C=O) groups is 1. The second-order valence-electron chi connectivity index (χ2n) is 6.22. The van der Waals surface area contributed by atoms with Crippen LogP contribution in [0.1, 0.15) is 0 Å². The van der Waals surface area contributed by atoms with Gasteiger partial charge in [0, 0.05) is 28.5 Å². The van der Waals surface area contributed by atoms with E-state index in [1.165, 1.54) is 12.4 Å². The average molecular weight is 402 g/mol. The minimum Gasteiger partial charge on any atom is -0.340 e. The molecule has 142 valence electrons. The molecule has 0 aliphatic rings. The van der Waals surface area contributed by atoms with Crippen molar-refractivity contribution >= 4 is 45.6 Å². The predicted octanol–water partition coefficient (Wildman–Crippen LogP) is 5.21. The minimum atomic E-state index is -0.268. The summed E-state index contributed by atoms with van der Waals surface area (Å²) in [5.41, 5.74) is 4.17. The molecule has 7 heteroatoms. The zero-order valence-corrected chi connectivity index (χ0v) is 16.0. The van der Waals surface area contributed by atoms with Crippen molar-refractivity contribution in [3.05, 3.63) is 84.9 Å². The summed E-state index contributed by atoms with van der Waals surface area (Å²) in [5.74, 6) is 0.391. The van der Waals surface area contributed by atoms with Crippen LogP contribution in [-0.4, -0.2) is 20.9 Å². The van der Waals surface area contributed by atoms with Gasteiger partial charge in [-0.1, -0.05) is 30.3 Å². The monoisotopic (exact) mass is 401 g/mol. The standard InChI is InChI=1S/C22H16ClN5O/c1-2-21(29)27-16-4-3-5-17(11-16)28-22-18-10-14(6-8-19(18)25-13-26-22)15-7-9-20(23)24-12-15/h2-13H,1H2,(H,27,29)(H,25,26,28). The summed E-state index contributed by atoms with van der Waals surface area (Å²) in [6.07, 6.45) is 4.47. The smallest absolute Gasteiger partial charge is 0.247 e. The molecule has 0 saturated heterocycles. The second kappa shape index (κ2) is 8.08. The third-order valence-electron chi connectivity index (χ3n) is 4.27. The zero-order chi connectivity index (χ0) is 20.2. The van der Waals surface area contributed by atoms with Gasteiger partial charge in [0.2, 0.25) is 5.91 Å². The molecule has 2 aromatic carbocycles. The molecular formula is C22H16ClN5O. The number of pyridine rings is 1. The molecule has 0 saturated carbocycles. The highest BCUT2D eigenvalue weighted by Crippen LogP contribution is 2.29. The lowest BCUT2D eigenvalue weighted by molar-refractivity contribution is -0.111. The van der Waals surface area contributed by atoms with Gasteiger partial charge in [-0.05, 0) is 54.1 Å². The first-order valence-electron chi connectivity index (χ1n) is 8.79. The Balaban J connectivity index is 1.69. The Morgan fingerprint density at radius 2 is 1.79 bits per heavy atom. The van der Waals surface area contributed by atoms with Gasteiger partial charge in [-0.25, -0.2) is 15.0 Å². The van der Waals surface area contributed by atoms with Crippen LogP contribution in [0.25, 0.3) is 22.0 Å². The number of anilines is 3. The van der Waals surface area contributed by atoms with Crippen molar-refractivity contribution in [1.82, 2.24) is 15.0 Å². The lowest BCUT2D eigenvalue weighted by Crippen LogP contribution is -2.07. The third-order valence-corrected chi connectivity index (χ3v) is 4.50. The van der Waals surface area contributed by atoms with Crippen LogP contribution < -0.4 is 10.6 Å². The first kappa shape index (κ1) is 18.6. The molecule has 6 nitrogen and oxygen atoms in total. The molecule has 0 spiro atoms. The van der Waals surface area contributed by atoms with Crippen molar-refractivity contribution in [1.29, 1.82) is 0 Å². The first-order valence-corrected chi connectivity index (χ1v) is 9.17. The fourth-order valence-electron chi connectivity index (χ4n) is 2.89. The molecule has 4 aromatic rings. The highest BCUT2D eigenvalue weighted by molar-refractivity contribution is 6.29. The number of hydrogen-bond acceptors (Lipinski definition) is 5. The number of hydrogen-bond donors (Lipinski definition) is 2. The number of halogens is 1. The van der Waals surface area contributed by atoms with Crippen molar-refractivity contribution in [3.63, 3.8) is 0 Å². The molecule has 0 aliphatic carbocycles. The molecule has 0 unspecified atom stereocenters. The summed E-state index contributed by atoms with van der Waals surface area (Å²) in [6.45, 7) is 3.46. The summed E-state index contributed by atoms with van der Waals surface area (Å²) in [7, 11) is 0. The molecule has 2 aromatic heterocycles. The van der Waals surface area contributed by atoms with E-state index in [-0.39, 0.29) is 5.91 Å². The van der Waals surface area contributed by atoms with E-state index in [1.54, 1.807) is 18.3 Å². The maximum atomic E-state index is 11.5. The van der Waals surface area contributed by atoms with Crippen LogP contribution in [0.2, 0.25) is 5.15 Å². The quantitative estimate of drug-likeness (QED) is 0.354. The molecule has 2 N–H and O–H groups in total. The number of carbonyl (C=O) groups excluding carboxylic acids is 1. The molecule has 4 rings (SSSR count). The van der Waals surface area contributed by atoms with Gasteiger partial charge in [0.25, 0.3) is 0 Å². The first-order chi connectivity index (χ1) is 14.1. The van der Waals surface area contributed by atoms with Gasteiger partial charge in [0.1, 0.15) is 17.3 Å². The Kier molecular flexibility index (Phi) is 5.18. The van der Waals surface area contributed by atoms with Crippen molar-refractivity contribution in [2.24, 2.45) is 0 Å². The van der Waals surface area contributed by atoms with E-state index in [2.05, 4.69) is 32.2 Å². The van der Waals surface area contributed by atoms with Crippen molar-refractivity contribution < 1.29 is 4.79 Å². The fraction of sp³-hybridized carbons (Fsp3) is 0. The van der Waals surface area contributed by atoms with Crippen LogP contribution in [-0.2, 0) is 4.79 Å². The van der Waals surface area contributed by atoms with Crippen molar-refractivity contribution in [3.8, 4) is 11.1 Å². The van der Waals surface area contributed by atoms with Crippen LogP contribution in [0.15, 0.2) is 79.8 Å². The number of fused-ring (bicyclic) bond motifs is 1. The fourth-order valence-corrected chi connectivity index (χ4v) is 3.00. The molecule has 0 radical (unpaired) electrons. The summed E-state index contributed by atoms with van der Waals surface area (Å²) >= 11 is 5.89. The Morgan fingerprint density at radius 3 is 2.59 bits per heavy atom. The van der Waals surface area contributed by atoms with E-state index >= 15 is 0 Å². The molecular weight excluding hydrogens is 386 g/mol. The predicted molar refractivity (Wildman–Crippen MR) is 116 cm³/mol. The number of amides is 1. The van der Waals surface area contributed by atoms with Gasteiger partial charge in [0.15, 0.2) is 0 Å². The van der Waals surface area contributed by atoms with Crippen LogP contribution in [0.5, 0.6) is 0 Å². The van der Waals surface area contributed by atoms with Crippen molar-refractivity contribution in [2.45, 2.75) is 0 Å². The van der Waals surface area contributed by atoms with E-state index in [1.807, 2.05) is 42.5 Å². The van der Waals surface area contributed by atoms with Gasteiger partial charge in [-0.3, -0.25) is 4.79 Å². The Morgan fingerprint density at radius 1 is 0.966 bits per heavy atom. The van der Waals surface area contributed by atoms with Crippen LogP contribution >= 0.6 is 11.6 Å². The van der Waals surface area contributed by atoms with E-state index in [9.17, 15) is 4.79 Å². The summed E-state index contributed by atoms with van der Waals surface area (Å²) in [5, 5.41) is 7.35. The maximum Gasteiger partial charge on any atom is 0.247 e. The van der Waals surface area contributed by atoms with E-state index in [4.69, 9.17) is 11.6 Å². The second-order valence-corrected chi connectivity index (χ2v) is 6.61. The van der Waals surface area contributed by atoms with Gasteiger partial charge in [-0.15, -0.1) is 0 Å². The zero-order valence-electron chi connectivity index (χ0n) is 15.3. The van der Waals surface area contributed by atoms with Gasteiger partial charge >= 0.3 is 0 Å². The summed E-state index contributed by atoms with van der Waals surface area (Å²) in [4.78, 5) is 24.4. The van der Waals surface area contributed by atoms with Crippen LogP contribution in [0.3, 0.4) is 0 Å². The van der Waals surface area contributed by atoms with Gasteiger partial charge < -0.3 is 10.6 Å². The number of benzene rings is 2. The highest BCUT2D eigenvalue weighted by atomic mass is 35.5. The third kappa shape index (κ3) is 4.23. The van der Waals surface area contributed by atoms with Gasteiger partial charge in [0.05, 0.1) is 5.52 Å². The van der Waals surface area contributed by atoms with Crippen LogP contribution in [0.4, 0.5) is 17.2 Å². The molecule has 0 aliphatic heterocycles. The number of nitrogens with one attached hydrogen (secondary N) is 2. The Hall–Kier alpha value is -3.77. The number of aromatic nitrogens is 3. The summed E-state index contributed by atoms with van der Waals surface area (Å²) < 4.78 is 0. The SMILES string of the molecule is C=CC(=O)Nc1cccc(Nc2ncnc3ccc(-c4ccc(Cl)nc4)cc23)c1. The van der Waals surface area contributed by atoms with E-state index < -0.39 is 0 Å². The largest absolute Gasteiger partial charge is 0.340 e. The number of nitrogens with zero attached hydrogens (tertiary/aromatic N) is 3. The normalized spacial score (nSPS) is 10.5. The van der Waals surface area contributed by atoms with Crippen LogP contribution in [0, 0.1) is 0 Å². The lowest BCUT2D eigenvalue weighted by Gasteiger charge is -2.11. The molecule has 2 heterocycles. The lowest BCUT2D eigenvalue weighted by atomic mass is 10.1. The van der Waals surface area contributed by atoms with Gasteiger partial charge in [-0.2, -0.15) is 0 Å². The molecule has 0 fully saturated rings. The molecule has 29 heavy (non-hydrogen) atoms. The number of rotatable bonds is 5. The highest BCUT2D eigenvalue weighted by Gasteiger charge is 2.08. The average Bonchev–Trinajstić information content (AvgIpc) is 2.74. The van der Waals surface area contributed by atoms with E-state index in [0.29, 0.717) is 16.7 Å². The topological polar surface area (TPSA) is 79.8 Å². The molecule has 0 atom stereocenters. The summed E-state index contributed by atoms with van der Waals surface area (Å²) in [6, 6.07) is 17.0. The maximum absolute atomic E-state index is 11.5. The molecule has 0 bridgehead atoms. The Labute approximate surface area is 172 Å². The minimum absolute atomic E-state index is 0.268. The Bertz CT molecular complexity index is 1210. The molecule has 1 amide bonds. The van der Waals surface area contributed by atoms with Crippen molar-refractivity contribution in [2.75, 3.05) is 10.6 Å².